The molecule has 7 aliphatic carbocycles. The van der Waals surface area contributed by atoms with E-state index in [9.17, 15) is 0 Å². The SMILES string of the molecule is CCCCCC1CCC(N(C2CCC(CC)CC2)C2CCC(C3CCC(C4CCC(N(C5CCC(CC)CC5)C5CCC(CCCC)CC5)CC4)CC3)CC2)CC1. The van der Waals surface area contributed by atoms with Gasteiger partial charge in [0.15, 0.2) is 0 Å². The molecule has 0 radical (unpaired) electrons. The smallest absolute Gasteiger partial charge is 0.0101 e. The average molecular weight is 789 g/mol. The van der Waals surface area contributed by atoms with Crippen molar-refractivity contribution in [1.82, 2.24) is 9.80 Å². The van der Waals surface area contributed by atoms with Crippen molar-refractivity contribution in [3.63, 3.8) is 0 Å². The van der Waals surface area contributed by atoms with Gasteiger partial charge in [-0.1, -0.05) is 85.5 Å². The van der Waals surface area contributed by atoms with Crippen molar-refractivity contribution in [2.75, 3.05) is 0 Å². The Labute approximate surface area is 357 Å². The fourth-order valence-electron chi connectivity index (χ4n) is 16.0. The first-order chi connectivity index (χ1) is 28.1. The summed E-state index contributed by atoms with van der Waals surface area (Å²) < 4.78 is 0. The van der Waals surface area contributed by atoms with Gasteiger partial charge in [-0.15, -0.1) is 0 Å². The molecule has 0 aromatic heterocycles. The van der Waals surface area contributed by atoms with Crippen molar-refractivity contribution in [1.29, 1.82) is 0 Å². The topological polar surface area (TPSA) is 6.48 Å². The lowest BCUT2D eigenvalue weighted by Gasteiger charge is -2.51. The van der Waals surface area contributed by atoms with Crippen LogP contribution in [0.1, 0.15) is 265 Å². The molecule has 330 valence electrons. The second kappa shape index (κ2) is 23.4. The minimum absolute atomic E-state index is 0.912. The van der Waals surface area contributed by atoms with Crippen molar-refractivity contribution in [3.8, 4) is 0 Å². The molecule has 0 aromatic rings. The minimum Gasteiger partial charge on any atom is -0.294 e. The van der Waals surface area contributed by atoms with Gasteiger partial charge in [-0.3, -0.25) is 9.80 Å². The van der Waals surface area contributed by atoms with Crippen molar-refractivity contribution < 1.29 is 0 Å². The van der Waals surface area contributed by atoms with E-state index < -0.39 is 0 Å². The number of rotatable bonds is 17. The van der Waals surface area contributed by atoms with Crippen molar-refractivity contribution >= 4 is 0 Å². The summed E-state index contributed by atoms with van der Waals surface area (Å²) in [5.74, 6) is 8.36. The van der Waals surface area contributed by atoms with Gasteiger partial charge in [-0.05, 0) is 227 Å². The van der Waals surface area contributed by atoms with Crippen LogP contribution in [0.5, 0.6) is 0 Å². The van der Waals surface area contributed by atoms with Crippen LogP contribution >= 0.6 is 0 Å². The Morgan fingerprint density at radius 2 is 0.509 bits per heavy atom. The molecule has 0 heterocycles. The zero-order valence-electron chi connectivity index (χ0n) is 39.1. The predicted octanol–water partition coefficient (Wildman–Crippen LogP) is 16.3. The Kier molecular flexibility index (Phi) is 18.4. The van der Waals surface area contributed by atoms with Gasteiger partial charge in [0.2, 0.25) is 0 Å². The molecule has 2 heteroatoms. The van der Waals surface area contributed by atoms with Gasteiger partial charge in [0.1, 0.15) is 0 Å². The van der Waals surface area contributed by atoms with Crippen LogP contribution in [0.15, 0.2) is 0 Å². The third kappa shape index (κ3) is 12.3. The van der Waals surface area contributed by atoms with Gasteiger partial charge >= 0.3 is 0 Å². The van der Waals surface area contributed by atoms with E-state index in [2.05, 4.69) is 37.5 Å². The zero-order chi connectivity index (χ0) is 39.4. The molecule has 7 rings (SSSR count). The van der Waals surface area contributed by atoms with E-state index in [-0.39, 0.29) is 0 Å². The summed E-state index contributed by atoms with van der Waals surface area (Å²) >= 11 is 0. The molecule has 0 saturated heterocycles. The highest BCUT2D eigenvalue weighted by molar-refractivity contribution is 4.96. The maximum Gasteiger partial charge on any atom is 0.0101 e. The molecule has 7 saturated carbocycles. The fourth-order valence-corrected chi connectivity index (χ4v) is 16.0. The Morgan fingerprint density at radius 3 is 0.789 bits per heavy atom. The van der Waals surface area contributed by atoms with Gasteiger partial charge in [0.05, 0.1) is 0 Å². The van der Waals surface area contributed by atoms with Crippen LogP contribution in [-0.2, 0) is 0 Å². The van der Waals surface area contributed by atoms with E-state index >= 15 is 0 Å². The van der Waals surface area contributed by atoms with Gasteiger partial charge in [0, 0.05) is 36.3 Å². The van der Waals surface area contributed by atoms with Crippen LogP contribution in [0.25, 0.3) is 0 Å². The molecule has 7 aliphatic rings. The maximum absolute atomic E-state index is 3.27. The van der Waals surface area contributed by atoms with Gasteiger partial charge in [0.25, 0.3) is 0 Å². The molecule has 0 unspecified atom stereocenters. The van der Waals surface area contributed by atoms with E-state index in [1.54, 1.807) is 51.4 Å². The van der Waals surface area contributed by atoms with E-state index in [1.807, 2.05) is 0 Å². The molecule has 0 atom stereocenters. The van der Waals surface area contributed by atoms with Crippen LogP contribution in [0.4, 0.5) is 0 Å². The average Bonchev–Trinajstić information content (AvgIpc) is 3.28. The van der Waals surface area contributed by atoms with Crippen LogP contribution in [0.2, 0.25) is 0 Å². The number of unbranched alkanes of at least 4 members (excludes halogenated alkanes) is 3. The van der Waals surface area contributed by atoms with Crippen LogP contribution in [0, 0.1) is 47.3 Å². The molecular formula is C55H100N2. The summed E-state index contributed by atoms with van der Waals surface area (Å²) in [6.45, 7) is 9.67. The summed E-state index contributed by atoms with van der Waals surface area (Å²) in [4.78, 5) is 6.54. The molecule has 0 bridgehead atoms. The second-order valence-corrected chi connectivity index (χ2v) is 22.9. The lowest BCUT2D eigenvalue weighted by molar-refractivity contribution is -0.00843. The molecule has 57 heavy (non-hydrogen) atoms. The van der Waals surface area contributed by atoms with Gasteiger partial charge in [-0.25, -0.2) is 0 Å². The lowest BCUT2D eigenvalue weighted by Crippen LogP contribution is -2.53. The van der Waals surface area contributed by atoms with Crippen molar-refractivity contribution in [3.05, 3.63) is 0 Å². The fraction of sp³-hybridized carbons (Fsp3) is 1.00. The summed E-state index contributed by atoms with van der Waals surface area (Å²) in [5, 5.41) is 0. The highest BCUT2D eigenvalue weighted by atomic mass is 15.2. The number of nitrogens with zero attached hydrogens (tertiary/aromatic N) is 2. The summed E-state index contributed by atoms with van der Waals surface area (Å²) in [5.41, 5.74) is 0. The standard InChI is InChI=1S/C55H100N2/c1-5-9-11-13-45-20-36-53(37-21-45)57(51-32-16-43(8-4)17-33-51)55-40-28-49(29-41-55)47-24-22-46(23-25-47)48-26-38-54(39-27-48)56(50-30-14-42(7-3)15-31-50)52-34-18-44(19-35-52)12-10-6-2/h42-55H,5-41H2,1-4H3. The van der Waals surface area contributed by atoms with Crippen molar-refractivity contribution in [2.24, 2.45) is 47.3 Å². The van der Waals surface area contributed by atoms with Crippen molar-refractivity contribution in [2.45, 2.75) is 302 Å². The third-order valence-corrected chi connectivity index (χ3v) is 19.8. The number of hydrogen-bond acceptors (Lipinski definition) is 2. The molecule has 0 aliphatic heterocycles. The Balaban J connectivity index is 0.867. The second-order valence-electron chi connectivity index (χ2n) is 22.9. The van der Waals surface area contributed by atoms with E-state index in [4.69, 9.17) is 0 Å². The first-order valence-corrected chi connectivity index (χ1v) is 27.6. The van der Waals surface area contributed by atoms with E-state index in [1.165, 1.54) is 186 Å². The third-order valence-electron chi connectivity index (χ3n) is 19.8. The van der Waals surface area contributed by atoms with E-state index in [0.29, 0.717) is 0 Å². The van der Waals surface area contributed by atoms with Gasteiger partial charge in [-0.2, -0.15) is 0 Å². The van der Waals surface area contributed by atoms with Crippen LogP contribution < -0.4 is 0 Å². The summed E-state index contributed by atoms with van der Waals surface area (Å²) in [7, 11) is 0. The predicted molar refractivity (Wildman–Crippen MR) is 248 cm³/mol. The Hall–Kier alpha value is -0.0800. The normalized spacial score (nSPS) is 41.4. The lowest BCUT2D eigenvalue weighted by atomic mass is 9.65. The van der Waals surface area contributed by atoms with Gasteiger partial charge < -0.3 is 0 Å². The zero-order valence-corrected chi connectivity index (χ0v) is 39.1. The first-order valence-electron chi connectivity index (χ1n) is 27.6. The van der Waals surface area contributed by atoms with Crippen LogP contribution in [-0.4, -0.2) is 46.1 Å². The molecule has 2 nitrogen and oxygen atoms in total. The summed E-state index contributed by atoms with van der Waals surface area (Å²) in [6.07, 6.45) is 56.1. The molecule has 0 spiro atoms. The van der Waals surface area contributed by atoms with Crippen LogP contribution in [0.3, 0.4) is 0 Å². The largest absolute Gasteiger partial charge is 0.294 e. The Morgan fingerprint density at radius 1 is 0.263 bits per heavy atom. The first kappa shape index (κ1) is 45.0. The Bertz CT molecular complexity index is 1050. The number of hydrogen-bond donors (Lipinski definition) is 0. The monoisotopic (exact) mass is 789 g/mol. The quantitative estimate of drug-likeness (QED) is 0.135. The molecule has 0 amide bonds. The molecule has 0 N–H and O–H groups in total. The minimum atomic E-state index is 0.912. The van der Waals surface area contributed by atoms with E-state index in [0.717, 1.165) is 83.6 Å². The molecular weight excluding hydrogens is 689 g/mol. The maximum atomic E-state index is 3.27. The molecule has 0 aromatic carbocycles. The highest BCUT2D eigenvalue weighted by Gasteiger charge is 2.42. The molecule has 7 fully saturated rings. The highest BCUT2D eigenvalue weighted by Crippen LogP contribution is 2.48. The summed E-state index contributed by atoms with van der Waals surface area (Å²) in [6, 6.07) is 5.48.